The summed E-state index contributed by atoms with van der Waals surface area (Å²) in [6, 6.07) is 7.04. The molecule has 3 heterocycles. The summed E-state index contributed by atoms with van der Waals surface area (Å²) in [5, 5.41) is 11.0. The van der Waals surface area contributed by atoms with Crippen LogP contribution in [0.3, 0.4) is 0 Å². The number of aryl methyl sites for hydroxylation is 1. The van der Waals surface area contributed by atoms with Crippen LogP contribution in [0.2, 0.25) is 0 Å². The molecule has 4 rings (SSSR count). The van der Waals surface area contributed by atoms with Crippen molar-refractivity contribution in [2.75, 3.05) is 13.6 Å². The van der Waals surface area contributed by atoms with E-state index < -0.39 is 30.8 Å². The van der Waals surface area contributed by atoms with Crippen LogP contribution in [0.15, 0.2) is 36.7 Å². The van der Waals surface area contributed by atoms with Gasteiger partial charge in [-0.2, -0.15) is 0 Å². The minimum absolute atomic E-state index is 0.0540. The Morgan fingerprint density at radius 3 is 2.93 bits per heavy atom. The van der Waals surface area contributed by atoms with Crippen molar-refractivity contribution in [2.24, 2.45) is 0 Å². The molecule has 1 atom stereocenters. The average Bonchev–Trinajstić information content (AvgIpc) is 3.43. The van der Waals surface area contributed by atoms with Crippen LogP contribution in [-0.4, -0.2) is 62.2 Å². The fraction of sp³-hybridized carbons (Fsp3) is 0.400. The number of likely N-dealkylation sites (tertiary alicyclic amines) is 1. The highest BCUT2D eigenvalue weighted by Gasteiger charge is 2.46. The van der Waals surface area contributed by atoms with E-state index in [4.69, 9.17) is 0 Å². The van der Waals surface area contributed by atoms with Crippen molar-refractivity contribution >= 4 is 22.7 Å². The third-order valence-electron chi connectivity index (χ3n) is 5.38. The largest absolute Gasteiger partial charge is 0.361 e. The number of carbonyl (C=O) groups excluding carboxylic acids is 2. The number of para-hydroxylation sites is 1. The number of fused-ring (bicyclic) bond motifs is 1. The number of benzene rings is 1. The van der Waals surface area contributed by atoms with Gasteiger partial charge in [0.2, 0.25) is 5.91 Å². The molecule has 8 nitrogen and oxygen atoms in total. The van der Waals surface area contributed by atoms with Gasteiger partial charge in [0.05, 0.1) is 25.3 Å². The fourth-order valence-electron chi connectivity index (χ4n) is 3.91. The Bertz CT molecular complexity index is 1080. The number of nitrogens with one attached hydrogen (secondary N) is 2. The zero-order valence-corrected chi connectivity index (χ0v) is 16.4. The number of alkyl halides is 2. The molecular weight excluding hydrogens is 394 g/mol. The number of hydrogen-bond donors (Lipinski definition) is 2. The topological polar surface area (TPSA) is 95.9 Å². The Hall–Kier alpha value is -3.30. The van der Waals surface area contributed by atoms with E-state index in [1.165, 1.54) is 22.8 Å². The Labute approximate surface area is 171 Å². The van der Waals surface area contributed by atoms with Gasteiger partial charge in [0.15, 0.2) is 5.69 Å². The van der Waals surface area contributed by atoms with Gasteiger partial charge in [-0.3, -0.25) is 9.59 Å². The highest BCUT2D eigenvalue weighted by Crippen LogP contribution is 2.33. The predicted octanol–water partition coefficient (Wildman–Crippen LogP) is 1.99. The molecule has 2 N–H and O–H groups in total. The Morgan fingerprint density at radius 2 is 2.13 bits per heavy atom. The van der Waals surface area contributed by atoms with E-state index in [9.17, 15) is 18.4 Å². The maximum absolute atomic E-state index is 14.1. The van der Waals surface area contributed by atoms with E-state index in [0.29, 0.717) is 6.42 Å². The van der Waals surface area contributed by atoms with Gasteiger partial charge in [0.25, 0.3) is 11.8 Å². The van der Waals surface area contributed by atoms with Crippen molar-refractivity contribution in [1.29, 1.82) is 0 Å². The minimum Gasteiger partial charge on any atom is -0.361 e. The summed E-state index contributed by atoms with van der Waals surface area (Å²) in [4.78, 5) is 28.8. The molecule has 10 heteroatoms. The quantitative estimate of drug-likeness (QED) is 0.642. The molecule has 0 radical (unpaired) electrons. The van der Waals surface area contributed by atoms with Crippen molar-refractivity contribution < 1.29 is 18.4 Å². The van der Waals surface area contributed by atoms with E-state index in [2.05, 4.69) is 20.6 Å². The number of rotatable bonds is 6. The second-order valence-electron chi connectivity index (χ2n) is 7.50. The minimum atomic E-state index is -2.95. The summed E-state index contributed by atoms with van der Waals surface area (Å²) in [7, 11) is 1.47. The molecule has 1 aliphatic rings. The zero-order chi connectivity index (χ0) is 21.3. The summed E-state index contributed by atoms with van der Waals surface area (Å²) in [6.07, 6.45) is 3.39. The van der Waals surface area contributed by atoms with Crippen LogP contribution in [0.1, 0.15) is 28.9 Å². The van der Waals surface area contributed by atoms with Crippen LogP contribution in [0.4, 0.5) is 8.78 Å². The van der Waals surface area contributed by atoms with Gasteiger partial charge >= 0.3 is 0 Å². The number of nitrogens with zero attached hydrogens (tertiary/aromatic N) is 4. The lowest BCUT2D eigenvalue weighted by Crippen LogP contribution is -2.39. The molecule has 30 heavy (non-hydrogen) atoms. The summed E-state index contributed by atoms with van der Waals surface area (Å²) < 4.78 is 29.5. The molecule has 0 saturated carbocycles. The second kappa shape index (κ2) is 7.85. The van der Waals surface area contributed by atoms with E-state index in [0.717, 1.165) is 16.5 Å². The Balaban J connectivity index is 1.44. The van der Waals surface area contributed by atoms with Crippen LogP contribution in [0.5, 0.6) is 0 Å². The summed E-state index contributed by atoms with van der Waals surface area (Å²) in [6.45, 7) is -0.556. The van der Waals surface area contributed by atoms with Crippen LogP contribution in [0.25, 0.3) is 10.9 Å². The molecule has 158 valence electrons. The van der Waals surface area contributed by atoms with Gasteiger partial charge in [-0.1, -0.05) is 23.4 Å². The molecule has 0 aliphatic carbocycles. The molecule has 2 aromatic heterocycles. The molecule has 0 unspecified atom stereocenters. The number of aromatic nitrogens is 4. The summed E-state index contributed by atoms with van der Waals surface area (Å²) in [5.74, 6) is -3.69. The van der Waals surface area contributed by atoms with Crippen LogP contribution < -0.4 is 5.32 Å². The smallest absolute Gasteiger partial charge is 0.273 e. The second-order valence-corrected chi connectivity index (χ2v) is 7.50. The zero-order valence-electron chi connectivity index (χ0n) is 16.4. The van der Waals surface area contributed by atoms with Gasteiger partial charge < -0.3 is 15.2 Å². The van der Waals surface area contributed by atoms with Crippen LogP contribution in [0, 0.1) is 0 Å². The lowest BCUT2D eigenvalue weighted by Gasteiger charge is -2.23. The van der Waals surface area contributed by atoms with E-state index in [1.54, 1.807) is 0 Å². The van der Waals surface area contributed by atoms with E-state index in [-0.39, 0.29) is 24.6 Å². The maximum atomic E-state index is 14.1. The molecule has 1 fully saturated rings. The number of amides is 2. The summed E-state index contributed by atoms with van der Waals surface area (Å²) >= 11 is 0. The third kappa shape index (κ3) is 4.03. The first kappa shape index (κ1) is 20.0. The van der Waals surface area contributed by atoms with Gasteiger partial charge in [-0.05, 0) is 18.1 Å². The predicted molar refractivity (Wildman–Crippen MR) is 105 cm³/mol. The Kier molecular flexibility index (Phi) is 5.23. The number of carbonyl (C=O) groups is 2. The van der Waals surface area contributed by atoms with E-state index in [1.807, 2.05) is 30.5 Å². The highest BCUT2D eigenvalue weighted by molar-refractivity contribution is 5.91. The van der Waals surface area contributed by atoms with Crippen molar-refractivity contribution in [3.63, 3.8) is 0 Å². The lowest BCUT2D eigenvalue weighted by atomic mass is 10.1. The molecule has 1 aliphatic heterocycles. The first-order chi connectivity index (χ1) is 14.4. The first-order valence-electron chi connectivity index (χ1n) is 9.71. The maximum Gasteiger partial charge on any atom is 0.273 e. The monoisotopic (exact) mass is 416 g/mol. The van der Waals surface area contributed by atoms with Crippen LogP contribution >= 0.6 is 0 Å². The van der Waals surface area contributed by atoms with Crippen molar-refractivity contribution in [1.82, 2.24) is 30.2 Å². The van der Waals surface area contributed by atoms with E-state index >= 15 is 0 Å². The number of aromatic amines is 1. The molecule has 0 spiro atoms. The molecule has 2 amide bonds. The number of halogens is 2. The molecule has 0 bridgehead atoms. The van der Waals surface area contributed by atoms with Gasteiger partial charge in [0.1, 0.15) is 0 Å². The first-order valence-corrected chi connectivity index (χ1v) is 9.71. The molecule has 1 aromatic carbocycles. The SMILES string of the molecule is CNC(=O)c1cn(C[C@@H]2CC(F)(F)CN2C(=O)CCc2c[nH]c3ccccc23)nn1. The Morgan fingerprint density at radius 1 is 1.33 bits per heavy atom. The van der Waals surface area contributed by atoms with Gasteiger partial charge in [-0.15, -0.1) is 5.10 Å². The number of hydrogen-bond acceptors (Lipinski definition) is 4. The fourth-order valence-corrected chi connectivity index (χ4v) is 3.91. The van der Waals surface area contributed by atoms with Gasteiger partial charge in [-0.25, -0.2) is 13.5 Å². The summed E-state index contributed by atoms with van der Waals surface area (Å²) in [5.41, 5.74) is 2.05. The standard InChI is InChI=1S/C20H22F2N6O2/c1-23-19(30)17-11-27(26-25-17)10-14-8-20(21,22)12-28(14)18(29)7-6-13-9-24-16-5-3-2-4-15(13)16/h2-5,9,11,14,24H,6-8,10,12H2,1H3,(H,23,30)/t14-/m0/s1. The van der Waals surface area contributed by atoms with Crippen molar-refractivity contribution in [2.45, 2.75) is 37.8 Å². The molecule has 1 saturated heterocycles. The molecular formula is C20H22F2N6O2. The average molecular weight is 416 g/mol. The van der Waals surface area contributed by atoms with Crippen molar-refractivity contribution in [3.8, 4) is 0 Å². The van der Waals surface area contributed by atoms with Crippen LogP contribution in [-0.2, 0) is 17.8 Å². The normalized spacial score (nSPS) is 18.1. The van der Waals surface area contributed by atoms with Crippen molar-refractivity contribution in [3.05, 3.63) is 47.9 Å². The highest BCUT2D eigenvalue weighted by atomic mass is 19.3. The molecule has 3 aromatic rings. The third-order valence-corrected chi connectivity index (χ3v) is 5.38. The lowest BCUT2D eigenvalue weighted by molar-refractivity contribution is -0.133. The number of H-pyrrole nitrogens is 1. The van der Waals surface area contributed by atoms with Gasteiger partial charge in [0, 0.05) is 37.0 Å².